The molecule has 2 heterocycles. The van der Waals surface area contributed by atoms with E-state index in [-0.39, 0.29) is 16.6 Å². The zero-order valence-corrected chi connectivity index (χ0v) is 17.5. The van der Waals surface area contributed by atoms with E-state index in [1.54, 1.807) is 18.2 Å². The Balaban J connectivity index is 1.75. The molecule has 4 aromatic rings. The molecule has 2 aromatic heterocycles. The lowest BCUT2D eigenvalue weighted by Crippen LogP contribution is -2.30. The molecule has 2 aromatic carbocycles. The third-order valence-corrected chi connectivity index (χ3v) is 6.81. The third kappa shape index (κ3) is 3.72. The third-order valence-electron chi connectivity index (χ3n) is 4.69. The highest BCUT2D eigenvalue weighted by Gasteiger charge is 2.21. The maximum atomic E-state index is 12.8. The van der Waals surface area contributed by atoms with Crippen molar-refractivity contribution in [3.63, 3.8) is 0 Å². The maximum Gasteiger partial charge on any atom is 0.242 e. The van der Waals surface area contributed by atoms with E-state index in [9.17, 15) is 8.42 Å². The van der Waals surface area contributed by atoms with E-state index in [4.69, 9.17) is 16.3 Å². The Kier molecular flexibility index (Phi) is 5.26. The van der Waals surface area contributed by atoms with Crippen LogP contribution in [0.5, 0.6) is 0 Å². The SMILES string of the molecule is COCCN(C)S(=O)(=O)c1ccc2[nH]c(-c3nc4ccccc4nc3Cl)cc2c1. The van der Waals surface area contributed by atoms with Crippen LogP contribution in [-0.4, -0.2) is 55.0 Å². The van der Waals surface area contributed by atoms with Gasteiger partial charge in [-0.25, -0.2) is 18.4 Å². The molecular formula is C20H19ClN4O3S. The summed E-state index contributed by atoms with van der Waals surface area (Å²) in [6.07, 6.45) is 0. The topological polar surface area (TPSA) is 88.2 Å². The van der Waals surface area contributed by atoms with Gasteiger partial charge in [0.25, 0.3) is 0 Å². The Hall–Kier alpha value is -2.52. The van der Waals surface area contributed by atoms with Gasteiger partial charge >= 0.3 is 0 Å². The summed E-state index contributed by atoms with van der Waals surface area (Å²) in [5, 5.41) is 1.02. The molecule has 0 amide bonds. The second kappa shape index (κ2) is 7.72. The predicted octanol–water partition coefficient (Wildman–Crippen LogP) is 3.70. The van der Waals surface area contributed by atoms with Crippen LogP contribution in [0, 0.1) is 0 Å². The van der Waals surface area contributed by atoms with Gasteiger partial charge in [0.1, 0.15) is 5.69 Å². The standard InChI is InChI=1S/C20H19ClN4O3S/c1-25(9-10-28-2)29(26,27)14-7-8-15-13(11-14)12-18(22-15)19-20(21)24-17-6-4-3-5-16(17)23-19/h3-8,11-12,22H,9-10H2,1-2H3. The summed E-state index contributed by atoms with van der Waals surface area (Å²) in [5.74, 6) is 0. The molecule has 1 N–H and O–H groups in total. The summed E-state index contributed by atoms with van der Waals surface area (Å²) in [5.41, 5.74) is 3.41. The number of rotatable bonds is 6. The number of nitrogens with zero attached hydrogens (tertiary/aromatic N) is 3. The number of fused-ring (bicyclic) bond motifs is 2. The number of likely N-dealkylation sites (N-methyl/N-ethyl adjacent to an activating group) is 1. The van der Waals surface area contributed by atoms with Gasteiger partial charge in [-0.15, -0.1) is 0 Å². The molecule has 0 atom stereocenters. The van der Waals surface area contributed by atoms with Gasteiger partial charge in [-0.05, 0) is 36.4 Å². The molecule has 0 saturated carbocycles. The fourth-order valence-corrected chi connectivity index (χ4v) is 4.49. The predicted molar refractivity (Wildman–Crippen MR) is 114 cm³/mol. The van der Waals surface area contributed by atoms with Gasteiger partial charge in [-0.1, -0.05) is 23.7 Å². The fourth-order valence-electron chi connectivity index (χ4n) is 3.07. The Morgan fingerprint density at radius 1 is 1.10 bits per heavy atom. The van der Waals surface area contributed by atoms with Crippen molar-refractivity contribution < 1.29 is 13.2 Å². The number of aromatic amines is 1. The number of aromatic nitrogens is 3. The summed E-state index contributed by atoms with van der Waals surface area (Å²) in [4.78, 5) is 12.5. The van der Waals surface area contributed by atoms with Crippen molar-refractivity contribution >= 4 is 43.6 Å². The molecular weight excluding hydrogens is 412 g/mol. The van der Waals surface area contributed by atoms with Crippen LogP contribution in [0.3, 0.4) is 0 Å². The highest BCUT2D eigenvalue weighted by molar-refractivity contribution is 7.89. The Bertz CT molecular complexity index is 1300. The van der Waals surface area contributed by atoms with Gasteiger partial charge in [-0.3, -0.25) is 0 Å². The van der Waals surface area contributed by atoms with Crippen molar-refractivity contribution in [2.75, 3.05) is 27.3 Å². The molecule has 7 nitrogen and oxygen atoms in total. The van der Waals surface area contributed by atoms with Crippen molar-refractivity contribution in [1.29, 1.82) is 0 Å². The van der Waals surface area contributed by atoms with E-state index in [2.05, 4.69) is 15.0 Å². The number of methoxy groups -OCH3 is 1. The number of H-pyrrole nitrogens is 1. The number of nitrogens with one attached hydrogen (secondary N) is 1. The van der Waals surface area contributed by atoms with E-state index in [1.807, 2.05) is 30.3 Å². The number of ether oxygens (including phenoxy) is 1. The number of hydrogen-bond acceptors (Lipinski definition) is 5. The minimum atomic E-state index is -3.61. The maximum absolute atomic E-state index is 12.8. The molecule has 0 aliphatic carbocycles. The number of benzene rings is 2. The molecule has 0 radical (unpaired) electrons. The van der Waals surface area contributed by atoms with Crippen LogP contribution in [0.4, 0.5) is 0 Å². The molecule has 29 heavy (non-hydrogen) atoms. The molecule has 0 unspecified atom stereocenters. The van der Waals surface area contributed by atoms with Crippen LogP contribution in [0.2, 0.25) is 5.15 Å². The first-order chi connectivity index (χ1) is 13.9. The first-order valence-electron chi connectivity index (χ1n) is 8.91. The van der Waals surface area contributed by atoms with Crippen LogP contribution < -0.4 is 0 Å². The molecule has 9 heteroatoms. The second-order valence-corrected chi connectivity index (χ2v) is 9.01. The van der Waals surface area contributed by atoms with E-state index >= 15 is 0 Å². The number of sulfonamides is 1. The van der Waals surface area contributed by atoms with Crippen molar-refractivity contribution in [3.05, 3.63) is 53.7 Å². The number of para-hydroxylation sites is 2. The lowest BCUT2D eigenvalue weighted by atomic mass is 10.2. The van der Waals surface area contributed by atoms with Crippen molar-refractivity contribution in [1.82, 2.24) is 19.3 Å². The average molecular weight is 431 g/mol. The minimum Gasteiger partial charge on any atom is -0.383 e. The molecule has 150 valence electrons. The van der Waals surface area contributed by atoms with Crippen LogP contribution in [0.1, 0.15) is 0 Å². The molecule has 0 aliphatic rings. The molecule has 0 spiro atoms. The van der Waals surface area contributed by atoms with Crippen molar-refractivity contribution in [3.8, 4) is 11.4 Å². The fraction of sp³-hybridized carbons (Fsp3) is 0.200. The lowest BCUT2D eigenvalue weighted by molar-refractivity contribution is 0.185. The Morgan fingerprint density at radius 3 is 2.55 bits per heavy atom. The van der Waals surface area contributed by atoms with Crippen LogP contribution >= 0.6 is 11.6 Å². The normalized spacial score (nSPS) is 12.3. The average Bonchev–Trinajstić information content (AvgIpc) is 3.14. The summed E-state index contributed by atoms with van der Waals surface area (Å²) in [7, 11) is -0.540. The van der Waals surface area contributed by atoms with Crippen LogP contribution in [0.25, 0.3) is 33.3 Å². The molecule has 0 fully saturated rings. The summed E-state index contributed by atoms with van der Waals surface area (Å²) in [6, 6.07) is 14.3. The van der Waals surface area contributed by atoms with Gasteiger partial charge in [0.15, 0.2) is 5.15 Å². The molecule has 0 aliphatic heterocycles. The van der Waals surface area contributed by atoms with Crippen molar-refractivity contribution in [2.24, 2.45) is 0 Å². The van der Waals surface area contributed by atoms with Gasteiger partial charge in [0.05, 0.1) is 28.2 Å². The van der Waals surface area contributed by atoms with E-state index in [1.165, 1.54) is 18.5 Å². The Labute approximate surface area is 173 Å². The summed E-state index contributed by atoms with van der Waals surface area (Å²) in [6.45, 7) is 0.600. The van der Waals surface area contributed by atoms with E-state index in [0.717, 1.165) is 16.4 Å². The van der Waals surface area contributed by atoms with E-state index < -0.39 is 10.0 Å². The minimum absolute atomic E-state index is 0.213. The zero-order chi connectivity index (χ0) is 20.6. The van der Waals surface area contributed by atoms with Crippen LogP contribution in [-0.2, 0) is 14.8 Å². The first kappa shape index (κ1) is 19.8. The summed E-state index contributed by atoms with van der Waals surface area (Å²) >= 11 is 6.35. The highest BCUT2D eigenvalue weighted by atomic mass is 35.5. The van der Waals surface area contributed by atoms with Gasteiger partial charge in [-0.2, -0.15) is 4.31 Å². The van der Waals surface area contributed by atoms with Gasteiger partial charge < -0.3 is 9.72 Å². The van der Waals surface area contributed by atoms with Crippen molar-refractivity contribution in [2.45, 2.75) is 4.90 Å². The number of halogens is 1. The number of hydrogen-bond donors (Lipinski definition) is 1. The largest absolute Gasteiger partial charge is 0.383 e. The second-order valence-electron chi connectivity index (χ2n) is 6.60. The van der Waals surface area contributed by atoms with Crippen LogP contribution in [0.15, 0.2) is 53.4 Å². The molecule has 0 bridgehead atoms. The first-order valence-corrected chi connectivity index (χ1v) is 10.7. The molecule has 0 saturated heterocycles. The smallest absolute Gasteiger partial charge is 0.242 e. The van der Waals surface area contributed by atoms with Gasteiger partial charge in [0.2, 0.25) is 10.0 Å². The van der Waals surface area contributed by atoms with Gasteiger partial charge in [0, 0.05) is 31.6 Å². The molecule has 4 rings (SSSR count). The zero-order valence-electron chi connectivity index (χ0n) is 15.9. The van der Waals surface area contributed by atoms with E-state index in [0.29, 0.717) is 23.5 Å². The monoisotopic (exact) mass is 430 g/mol. The quantitative estimate of drug-likeness (QED) is 0.504. The highest BCUT2D eigenvalue weighted by Crippen LogP contribution is 2.30. The lowest BCUT2D eigenvalue weighted by Gasteiger charge is -2.16. The summed E-state index contributed by atoms with van der Waals surface area (Å²) < 4.78 is 31.8. The Morgan fingerprint density at radius 2 is 1.83 bits per heavy atom.